The number of rotatable bonds is 5. The van der Waals surface area contributed by atoms with Gasteiger partial charge < -0.3 is 9.64 Å². The predicted molar refractivity (Wildman–Crippen MR) is 97.8 cm³/mol. The Balaban J connectivity index is 1.67. The van der Waals surface area contributed by atoms with Crippen molar-refractivity contribution >= 4 is 39.7 Å². The molecule has 0 aliphatic rings. The number of halogens is 1. The van der Waals surface area contributed by atoms with Crippen LogP contribution < -0.4 is 4.74 Å². The summed E-state index contributed by atoms with van der Waals surface area (Å²) in [7, 11) is 1.75. The molecule has 0 saturated heterocycles. The number of aryl methyl sites for hydroxylation is 1. The normalized spacial score (nSPS) is 10.8. The number of carbonyl (C=O) groups excluding carboxylic acids is 1. The average Bonchev–Trinajstić information content (AvgIpc) is 2.97. The maximum absolute atomic E-state index is 12.3. The van der Waals surface area contributed by atoms with E-state index in [2.05, 4.69) is 4.98 Å². The number of hydrogen-bond donors (Lipinski definition) is 0. The highest BCUT2D eigenvalue weighted by atomic mass is 35.5. The highest BCUT2D eigenvalue weighted by Crippen LogP contribution is 2.24. The molecule has 0 atom stereocenters. The maximum atomic E-state index is 12.3. The first-order chi connectivity index (χ1) is 11.5. The number of nitrogens with zero attached hydrogens (tertiary/aromatic N) is 2. The molecule has 3 rings (SSSR count). The van der Waals surface area contributed by atoms with Crippen molar-refractivity contribution in [1.82, 2.24) is 9.88 Å². The Morgan fingerprint density at radius 1 is 1.25 bits per heavy atom. The van der Waals surface area contributed by atoms with Crippen LogP contribution in [-0.2, 0) is 11.3 Å². The molecule has 24 heavy (non-hydrogen) atoms. The summed E-state index contributed by atoms with van der Waals surface area (Å²) in [5.41, 5.74) is 1.69. The number of pyridine rings is 1. The van der Waals surface area contributed by atoms with E-state index in [1.165, 1.54) is 11.3 Å². The van der Waals surface area contributed by atoms with Gasteiger partial charge in [-0.05, 0) is 31.2 Å². The van der Waals surface area contributed by atoms with Crippen molar-refractivity contribution in [2.24, 2.45) is 0 Å². The number of para-hydroxylation sites is 1. The van der Waals surface area contributed by atoms with Crippen molar-refractivity contribution in [1.29, 1.82) is 0 Å². The van der Waals surface area contributed by atoms with Gasteiger partial charge in [0, 0.05) is 23.0 Å². The summed E-state index contributed by atoms with van der Waals surface area (Å²) in [5, 5.41) is 0.993. The number of aromatic nitrogens is 1. The first-order valence-electron chi connectivity index (χ1n) is 7.50. The van der Waals surface area contributed by atoms with E-state index in [0.29, 0.717) is 12.3 Å². The number of benzene rings is 1. The van der Waals surface area contributed by atoms with Gasteiger partial charge in [0.1, 0.15) is 11.3 Å². The van der Waals surface area contributed by atoms with Crippen LogP contribution in [0.25, 0.3) is 10.9 Å². The van der Waals surface area contributed by atoms with E-state index in [1.54, 1.807) is 11.9 Å². The molecule has 4 nitrogen and oxygen atoms in total. The predicted octanol–water partition coefficient (Wildman–Crippen LogP) is 4.30. The van der Waals surface area contributed by atoms with Crippen LogP contribution in [0.2, 0.25) is 4.34 Å². The summed E-state index contributed by atoms with van der Waals surface area (Å²) >= 11 is 7.39. The average molecular weight is 361 g/mol. The van der Waals surface area contributed by atoms with Crippen molar-refractivity contribution in [2.75, 3.05) is 13.7 Å². The fourth-order valence-corrected chi connectivity index (χ4v) is 3.48. The Kier molecular flexibility index (Phi) is 5.02. The van der Waals surface area contributed by atoms with Crippen molar-refractivity contribution < 1.29 is 9.53 Å². The first-order valence-corrected chi connectivity index (χ1v) is 8.70. The highest BCUT2D eigenvalue weighted by molar-refractivity contribution is 7.16. The van der Waals surface area contributed by atoms with Crippen LogP contribution in [0.1, 0.15) is 10.6 Å². The summed E-state index contributed by atoms with van der Waals surface area (Å²) in [6, 6.07) is 13.4. The fourth-order valence-electron chi connectivity index (χ4n) is 2.34. The minimum atomic E-state index is -0.0934. The molecule has 0 aliphatic heterocycles. The Morgan fingerprint density at radius 3 is 2.83 bits per heavy atom. The highest BCUT2D eigenvalue weighted by Gasteiger charge is 2.13. The molecule has 0 saturated carbocycles. The zero-order valence-corrected chi connectivity index (χ0v) is 15.0. The smallest absolute Gasteiger partial charge is 0.260 e. The van der Waals surface area contributed by atoms with Gasteiger partial charge in [-0.1, -0.05) is 29.8 Å². The fraction of sp³-hybridized carbons (Fsp3) is 0.222. The molecule has 1 amide bonds. The molecule has 0 radical (unpaired) electrons. The molecule has 6 heteroatoms. The number of likely N-dealkylation sites (N-methyl/N-ethyl adjacent to an activating group) is 1. The molecular formula is C18H17ClN2O2S. The van der Waals surface area contributed by atoms with E-state index in [-0.39, 0.29) is 12.5 Å². The maximum Gasteiger partial charge on any atom is 0.260 e. The van der Waals surface area contributed by atoms with Crippen molar-refractivity contribution in [2.45, 2.75) is 13.5 Å². The lowest BCUT2D eigenvalue weighted by Gasteiger charge is -2.17. The SMILES string of the molecule is Cc1ccc2cccc(OCC(=O)N(C)Cc3ccc(Cl)s3)c2n1. The van der Waals surface area contributed by atoms with Crippen LogP contribution in [0.15, 0.2) is 42.5 Å². The van der Waals surface area contributed by atoms with Crippen LogP contribution in [0.5, 0.6) is 5.75 Å². The standard InChI is InChI=1S/C18H17ClN2O2S/c1-12-6-7-13-4-3-5-15(18(13)20-12)23-11-17(22)21(2)10-14-8-9-16(19)24-14/h3-9H,10-11H2,1-2H3. The molecular weight excluding hydrogens is 344 g/mol. The van der Waals surface area contributed by atoms with Gasteiger partial charge in [0.25, 0.3) is 5.91 Å². The van der Waals surface area contributed by atoms with Crippen LogP contribution in [0.4, 0.5) is 0 Å². The number of fused-ring (bicyclic) bond motifs is 1. The molecule has 0 N–H and O–H groups in total. The summed E-state index contributed by atoms with van der Waals surface area (Å²) in [5.74, 6) is 0.529. The Labute approximate surface area is 149 Å². The van der Waals surface area contributed by atoms with Crippen molar-refractivity contribution in [3.05, 3.63) is 57.4 Å². The number of ether oxygens (including phenoxy) is 1. The molecule has 1 aromatic carbocycles. The third kappa shape index (κ3) is 3.86. The zero-order valence-electron chi connectivity index (χ0n) is 13.5. The van der Waals surface area contributed by atoms with Crippen LogP contribution in [0, 0.1) is 6.92 Å². The first kappa shape index (κ1) is 16.7. The van der Waals surface area contributed by atoms with E-state index in [4.69, 9.17) is 16.3 Å². The number of thiophene rings is 1. The zero-order chi connectivity index (χ0) is 17.1. The summed E-state index contributed by atoms with van der Waals surface area (Å²) in [6.07, 6.45) is 0. The summed E-state index contributed by atoms with van der Waals surface area (Å²) in [4.78, 5) is 19.5. The summed E-state index contributed by atoms with van der Waals surface area (Å²) in [6.45, 7) is 2.43. The molecule has 0 bridgehead atoms. The molecule has 2 aromatic heterocycles. The Bertz CT molecular complexity index is 878. The van der Waals surface area contributed by atoms with Gasteiger partial charge in [0.05, 0.1) is 10.9 Å². The minimum Gasteiger partial charge on any atom is -0.481 e. The van der Waals surface area contributed by atoms with Gasteiger partial charge in [-0.2, -0.15) is 0 Å². The number of hydrogen-bond acceptors (Lipinski definition) is 4. The molecule has 3 aromatic rings. The molecule has 2 heterocycles. The van der Waals surface area contributed by atoms with Crippen LogP contribution >= 0.6 is 22.9 Å². The van der Waals surface area contributed by atoms with Gasteiger partial charge in [-0.15, -0.1) is 11.3 Å². The topological polar surface area (TPSA) is 42.4 Å². The minimum absolute atomic E-state index is 0.0235. The van der Waals surface area contributed by atoms with Crippen molar-refractivity contribution in [3.63, 3.8) is 0 Å². The molecule has 0 unspecified atom stereocenters. The third-order valence-electron chi connectivity index (χ3n) is 3.62. The van der Waals surface area contributed by atoms with Gasteiger partial charge in [-0.3, -0.25) is 4.79 Å². The van der Waals surface area contributed by atoms with Gasteiger partial charge in [0.15, 0.2) is 6.61 Å². The van der Waals surface area contributed by atoms with Crippen LogP contribution in [-0.4, -0.2) is 29.4 Å². The second kappa shape index (κ2) is 7.20. The van der Waals surface area contributed by atoms with E-state index in [9.17, 15) is 4.79 Å². The Hall–Kier alpha value is -2.11. The van der Waals surface area contributed by atoms with E-state index in [0.717, 1.165) is 25.8 Å². The van der Waals surface area contributed by atoms with Gasteiger partial charge in [0.2, 0.25) is 0 Å². The lowest BCUT2D eigenvalue weighted by Crippen LogP contribution is -2.30. The monoisotopic (exact) mass is 360 g/mol. The van der Waals surface area contributed by atoms with E-state index < -0.39 is 0 Å². The Morgan fingerprint density at radius 2 is 2.08 bits per heavy atom. The lowest BCUT2D eigenvalue weighted by molar-refractivity contribution is -0.132. The molecule has 0 spiro atoms. The van der Waals surface area contributed by atoms with E-state index in [1.807, 2.05) is 49.4 Å². The quantitative estimate of drug-likeness (QED) is 0.681. The molecule has 0 fully saturated rings. The lowest BCUT2D eigenvalue weighted by atomic mass is 10.2. The summed E-state index contributed by atoms with van der Waals surface area (Å²) < 4.78 is 6.45. The largest absolute Gasteiger partial charge is 0.481 e. The van der Waals surface area contributed by atoms with Gasteiger partial charge in [-0.25, -0.2) is 4.98 Å². The van der Waals surface area contributed by atoms with Crippen molar-refractivity contribution in [3.8, 4) is 5.75 Å². The molecule has 0 aliphatic carbocycles. The van der Waals surface area contributed by atoms with Crippen LogP contribution in [0.3, 0.4) is 0 Å². The third-order valence-corrected chi connectivity index (χ3v) is 4.84. The van der Waals surface area contributed by atoms with Gasteiger partial charge >= 0.3 is 0 Å². The second-order valence-electron chi connectivity index (χ2n) is 5.52. The second-order valence-corrected chi connectivity index (χ2v) is 7.32. The van der Waals surface area contributed by atoms with E-state index >= 15 is 0 Å². The molecule has 124 valence electrons. The number of amides is 1. The number of carbonyl (C=O) groups is 1.